The largest absolute Gasteiger partial charge is 0.509 e. The van der Waals surface area contributed by atoms with Crippen LogP contribution in [0.3, 0.4) is 0 Å². The molecule has 0 bridgehead atoms. The summed E-state index contributed by atoms with van der Waals surface area (Å²) in [5, 5.41) is 0. The van der Waals surface area contributed by atoms with Crippen molar-refractivity contribution in [3.8, 4) is 0 Å². The molecule has 0 unspecified atom stereocenters. The third-order valence-electron chi connectivity index (χ3n) is 6.00. The highest BCUT2D eigenvalue weighted by molar-refractivity contribution is 5.66. The Kier molecular flexibility index (Phi) is 3.85. The second-order valence-electron chi connectivity index (χ2n) is 7.43. The van der Waals surface area contributed by atoms with Crippen molar-refractivity contribution in [1.29, 1.82) is 0 Å². The second-order valence-corrected chi connectivity index (χ2v) is 7.43. The monoisotopic (exact) mass is 352 g/mol. The van der Waals surface area contributed by atoms with E-state index in [4.69, 9.17) is 14.2 Å². The number of ether oxygens (including phenoxy) is 3. The molecule has 0 spiro atoms. The van der Waals surface area contributed by atoms with Gasteiger partial charge in [0, 0.05) is 6.61 Å². The molecule has 4 atom stereocenters. The summed E-state index contributed by atoms with van der Waals surface area (Å²) < 4.78 is 17.6. The Labute approximate surface area is 154 Å². The van der Waals surface area contributed by atoms with Crippen molar-refractivity contribution < 1.29 is 19.0 Å². The Morgan fingerprint density at radius 2 is 1.50 bits per heavy atom. The van der Waals surface area contributed by atoms with E-state index in [0.29, 0.717) is 6.61 Å². The summed E-state index contributed by atoms with van der Waals surface area (Å²) in [6, 6.07) is 16.5. The van der Waals surface area contributed by atoms with Gasteiger partial charge in [0.25, 0.3) is 0 Å². The maximum absolute atomic E-state index is 12.2. The van der Waals surface area contributed by atoms with Crippen LogP contribution < -0.4 is 0 Å². The molecular formula is C22H24O4. The molecule has 1 saturated heterocycles. The van der Waals surface area contributed by atoms with E-state index in [9.17, 15) is 4.79 Å². The molecule has 0 saturated carbocycles. The smallest absolute Gasteiger partial charge is 0.426 e. The summed E-state index contributed by atoms with van der Waals surface area (Å²) in [4.78, 5) is 12.2. The van der Waals surface area contributed by atoms with Gasteiger partial charge in [0.15, 0.2) is 12.2 Å². The highest BCUT2D eigenvalue weighted by Gasteiger charge is 2.63. The fraction of sp³-hybridized carbons (Fsp3) is 0.409. The lowest BCUT2D eigenvalue weighted by Gasteiger charge is -2.49. The molecule has 1 aliphatic heterocycles. The number of carbonyl (C=O) groups excluding carboxylic acids is 1. The zero-order chi connectivity index (χ0) is 18.5. The number of benzene rings is 2. The van der Waals surface area contributed by atoms with Gasteiger partial charge in [-0.2, -0.15) is 0 Å². The number of hydrogen-bond acceptors (Lipinski definition) is 4. The first kappa shape index (κ1) is 17.1. The molecule has 4 rings (SSSR count). The normalized spacial score (nSPS) is 32.4. The van der Waals surface area contributed by atoms with Crippen LogP contribution in [0.25, 0.3) is 0 Å². The van der Waals surface area contributed by atoms with Crippen molar-refractivity contribution >= 4 is 6.16 Å². The molecule has 26 heavy (non-hydrogen) atoms. The summed E-state index contributed by atoms with van der Waals surface area (Å²) in [6.45, 7) is 8.69. The average molecular weight is 352 g/mol. The molecule has 2 aliphatic rings. The fourth-order valence-corrected chi connectivity index (χ4v) is 4.77. The van der Waals surface area contributed by atoms with E-state index in [1.807, 2.05) is 38.1 Å². The van der Waals surface area contributed by atoms with Crippen molar-refractivity contribution in [2.24, 2.45) is 0 Å². The molecule has 4 heteroatoms. The first-order valence-electron chi connectivity index (χ1n) is 9.10. The summed E-state index contributed by atoms with van der Waals surface area (Å²) in [6.07, 6.45) is -1.59. The van der Waals surface area contributed by atoms with Gasteiger partial charge in [0.05, 0.1) is 5.41 Å². The van der Waals surface area contributed by atoms with Crippen LogP contribution in [0, 0.1) is 6.92 Å². The molecule has 0 N–H and O–H groups in total. The molecule has 136 valence electrons. The predicted octanol–water partition coefficient (Wildman–Crippen LogP) is 4.47. The Balaban J connectivity index is 2.03. The highest BCUT2D eigenvalue weighted by Crippen LogP contribution is 2.54. The first-order chi connectivity index (χ1) is 12.4. The lowest BCUT2D eigenvalue weighted by Crippen LogP contribution is -2.58. The van der Waals surface area contributed by atoms with Crippen LogP contribution in [-0.4, -0.2) is 25.0 Å². The van der Waals surface area contributed by atoms with E-state index >= 15 is 0 Å². The molecular weight excluding hydrogens is 328 g/mol. The summed E-state index contributed by atoms with van der Waals surface area (Å²) in [5.41, 5.74) is 3.20. The van der Waals surface area contributed by atoms with Gasteiger partial charge in [-0.1, -0.05) is 48.5 Å². The van der Waals surface area contributed by atoms with Gasteiger partial charge in [-0.3, -0.25) is 0 Å². The third kappa shape index (κ3) is 2.15. The van der Waals surface area contributed by atoms with E-state index in [2.05, 4.69) is 38.1 Å². The van der Waals surface area contributed by atoms with Crippen LogP contribution >= 0.6 is 0 Å². The number of carbonyl (C=O) groups is 1. The van der Waals surface area contributed by atoms with E-state index in [-0.39, 0.29) is 0 Å². The zero-order valence-corrected chi connectivity index (χ0v) is 15.6. The van der Waals surface area contributed by atoms with Crippen LogP contribution in [0.2, 0.25) is 0 Å². The molecule has 2 aromatic carbocycles. The van der Waals surface area contributed by atoms with E-state index in [0.717, 1.165) is 22.3 Å². The van der Waals surface area contributed by atoms with Gasteiger partial charge in [0.2, 0.25) is 0 Å². The number of rotatable bonds is 3. The second kappa shape index (κ2) is 5.85. The quantitative estimate of drug-likeness (QED) is 0.765. The molecule has 1 aliphatic carbocycles. The fourth-order valence-electron chi connectivity index (χ4n) is 4.77. The topological polar surface area (TPSA) is 44.8 Å². The Hall–Kier alpha value is -2.33. The zero-order valence-electron chi connectivity index (χ0n) is 15.6. The van der Waals surface area contributed by atoms with Crippen LogP contribution in [0.1, 0.15) is 43.0 Å². The van der Waals surface area contributed by atoms with Crippen LogP contribution in [0.15, 0.2) is 48.5 Å². The van der Waals surface area contributed by atoms with E-state index < -0.39 is 29.4 Å². The first-order valence-corrected chi connectivity index (χ1v) is 9.10. The molecule has 2 aromatic rings. The Morgan fingerprint density at radius 1 is 0.923 bits per heavy atom. The van der Waals surface area contributed by atoms with Gasteiger partial charge in [-0.25, -0.2) is 4.79 Å². The van der Waals surface area contributed by atoms with Gasteiger partial charge in [-0.15, -0.1) is 0 Å². The van der Waals surface area contributed by atoms with Crippen molar-refractivity contribution in [3.05, 3.63) is 70.8 Å². The third-order valence-corrected chi connectivity index (χ3v) is 6.00. The minimum Gasteiger partial charge on any atom is -0.426 e. The van der Waals surface area contributed by atoms with Crippen molar-refractivity contribution in [3.63, 3.8) is 0 Å². The van der Waals surface area contributed by atoms with Gasteiger partial charge in [0.1, 0.15) is 5.60 Å². The van der Waals surface area contributed by atoms with Crippen LogP contribution in [0.5, 0.6) is 0 Å². The van der Waals surface area contributed by atoms with Crippen LogP contribution in [-0.2, 0) is 25.2 Å². The summed E-state index contributed by atoms with van der Waals surface area (Å²) in [5.74, 6) is 0. The van der Waals surface area contributed by atoms with Crippen molar-refractivity contribution in [2.45, 2.75) is 50.9 Å². The molecule has 4 nitrogen and oxygen atoms in total. The average Bonchev–Trinajstić information content (AvgIpc) is 3.04. The number of aryl methyl sites for hydroxylation is 1. The molecule has 1 heterocycles. The van der Waals surface area contributed by atoms with Crippen molar-refractivity contribution in [2.75, 3.05) is 6.61 Å². The minimum atomic E-state index is -0.746. The lowest BCUT2D eigenvalue weighted by atomic mass is 9.59. The molecule has 0 amide bonds. The van der Waals surface area contributed by atoms with Gasteiger partial charge in [-0.05, 0) is 49.9 Å². The van der Waals surface area contributed by atoms with E-state index in [1.165, 1.54) is 0 Å². The molecule has 1 fully saturated rings. The number of fused-ring (bicyclic) bond motifs is 2. The lowest BCUT2D eigenvalue weighted by molar-refractivity contribution is -0.132. The van der Waals surface area contributed by atoms with E-state index in [1.54, 1.807) is 0 Å². The Morgan fingerprint density at radius 3 is 2.15 bits per heavy atom. The molecule has 0 aromatic heterocycles. The van der Waals surface area contributed by atoms with Crippen molar-refractivity contribution in [1.82, 2.24) is 0 Å². The Bertz CT molecular complexity index is 861. The van der Waals surface area contributed by atoms with Gasteiger partial charge < -0.3 is 14.2 Å². The standard InChI is InChI=1S/C22H24O4/c1-5-24-22(4)17-13-9-8-12-16(17)21(3,15-11-7-6-10-14(15)2)18-19(22)26-20(23)25-18/h6-13,18-19H,5H2,1-4H3/t18-,19+,21-,22-/m1/s1. The maximum Gasteiger partial charge on any atom is 0.509 e. The molecule has 0 radical (unpaired) electrons. The maximum atomic E-state index is 12.2. The van der Waals surface area contributed by atoms with Crippen LogP contribution in [0.4, 0.5) is 4.79 Å². The SMILES string of the molecule is CCO[C@]1(C)c2ccccc2[C@@](C)(c2ccccc2C)[C@@H]2OC(=O)O[C@@H]21. The highest BCUT2D eigenvalue weighted by atomic mass is 16.8. The predicted molar refractivity (Wildman–Crippen MR) is 98.2 cm³/mol. The summed E-state index contributed by atoms with van der Waals surface area (Å²) >= 11 is 0. The minimum absolute atomic E-state index is 0.456. The summed E-state index contributed by atoms with van der Waals surface area (Å²) in [7, 11) is 0. The number of hydrogen-bond donors (Lipinski definition) is 0. The van der Waals surface area contributed by atoms with Gasteiger partial charge >= 0.3 is 6.16 Å².